The van der Waals surface area contributed by atoms with Gasteiger partial charge < -0.3 is 15.7 Å². The fourth-order valence-corrected chi connectivity index (χ4v) is 2.67. The van der Waals surface area contributed by atoms with Gasteiger partial charge in [-0.1, -0.05) is 12.2 Å². The molecule has 116 valence electrons. The first kappa shape index (κ1) is 16.0. The van der Waals surface area contributed by atoms with Gasteiger partial charge in [-0.05, 0) is 37.5 Å². The predicted molar refractivity (Wildman–Crippen MR) is 79.4 cm³/mol. The average Bonchev–Trinajstić information content (AvgIpc) is 2.34. The summed E-state index contributed by atoms with van der Waals surface area (Å²) < 4.78 is 39.5. The predicted octanol–water partition coefficient (Wildman–Crippen LogP) is 2.69. The number of thiocarbonyl (C=S) groups is 1. The third-order valence-electron chi connectivity index (χ3n) is 3.76. The Kier molecular flexibility index (Phi) is 4.73. The topological polar surface area (TPSA) is 49.5 Å². The van der Waals surface area contributed by atoms with Crippen LogP contribution >= 0.6 is 12.2 Å². The molecule has 0 aromatic heterocycles. The molecule has 1 fully saturated rings. The smallest absolute Gasteiger partial charge is 0.395 e. The molecule has 1 aliphatic rings. The molecule has 0 spiro atoms. The van der Waals surface area contributed by atoms with Crippen molar-refractivity contribution >= 4 is 22.9 Å². The maximum absolute atomic E-state index is 13.2. The molecule has 0 unspecified atom stereocenters. The molecule has 0 heterocycles. The van der Waals surface area contributed by atoms with Crippen LogP contribution in [0.5, 0.6) is 0 Å². The van der Waals surface area contributed by atoms with Crippen LogP contribution in [0.15, 0.2) is 18.2 Å². The van der Waals surface area contributed by atoms with Crippen molar-refractivity contribution in [2.75, 3.05) is 18.1 Å². The highest BCUT2D eigenvalue weighted by Crippen LogP contribution is 2.36. The molecule has 0 radical (unpaired) electrons. The Balaban J connectivity index is 2.42. The Morgan fingerprint density at radius 3 is 2.48 bits per heavy atom. The average molecular weight is 318 g/mol. The van der Waals surface area contributed by atoms with E-state index in [9.17, 15) is 13.2 Å². The van der Waals surface area contributed by atoms with Crippen LogP contribution in [0.4, 0.5) is 18.9 Å². The largest absolute Gasteiger partial charge is 0.417 e. The van der Waals surface area contributed by atoms with Crippen molar-refractivity contribution in [3.63, 3.8) is 0 Å². The number of aliphatic hydroxyl groups excluding tert-OH is 1. The fraction of sp³-hybridized carbons (Fsp3) is 0.500. The highest BCUT2D eigenvalue weighted by atomic mass is 32.1. The molecule has 0 saturated heterocycles. The summed E-state index contributed by atoms with van der Waals surface area (Å²) in [6, 6.07) is 4.15. The van der Waals surface area contributed by atoms with Crippen LogP contribution in [-0.4, -0.2) is 29.3 Å². The minimum absolute atomic E-state index is 0.102. The number of hydrogen-bond donors (Lipinski definition) is 2. The van der Waals surface area contributed by atoms with Gasteiger partial charge in [-0.2, -0.15) is 13.2 Å². The Morgan fingerprint density at radius 1 is 1.38 bits per heavy atom. The molecule has 1 aromatic carbocycles. The second kappa shape index (κ2) is 6.19. The minimum atomic E-state index is -4.51. The lowest BCUT2D eigenvalue weighted by Gasteiger charge is -2.39. The summed E-state index contributed by atoms with van der Waals surface area (Å²) in [7, 11) is 0. The molecule has 0 atom stereocenters. The number of rotatable bonds is 5. The Hall–Kier alpha value is -1.34. The van der Waals surface area contributed by atoms with E-state index in [-0.39, 0.29) is 23.2 Å². The summed E-state index contributed by atoms with van der Waals surface area (Å²) >= 11 is 4.69. The molecule has 1 aromatic rings. The first-order valence-corrected chi connectivity index (χ1v) is 7.14. The van der Waals surface area contributed by atoms with E-state index in [0.717, 1.165) is 25.3 Å². The van der Waals surface area contributed by atoms with E-state index in [2.05, 4.69) is 12.2 Å². The van der Waals surface area contributed by atoms with E-state index in [0.29, 0.717) is 12.2 Å². The fourth-order valence-electron chi connectivity index (χ4n) is 2.49. The number of anilines is 1. The van der Waals surface area contributed by atoms with Gasteiger partial charge in [-0.25, -0.2) is 0 Å². The molecule has 3 N–H and O–H groups in total. The number of hydrogen-bond acceptors (Lipinski definition) is 3. The van der Waals surface area contributed by atoms with Gasteiger partial charge in [0, 0.05) is 23.8 Å². The first-order chi connectivity index (χ1) is 9.84. The molecule has 0 bridgehead atoms. The zero-order chi connectivity index (χ0) is 15.6. The normalized spacial score (nSPS) is 15.6. The van der Waals surface area contributed by atoms with Crippen molar-refractivity contribution in [2.45, 2.75) is 31.5 Å². The quantitative estimate of drug-likeness (QED) is 0.820. The van der Waals surface area contributed by atoms with Crippen LogP contribution in [0.1, 0.15) is 30.4 Å². The lowest BCUT2D eigenvalue weighted by molar-refractivity contribution is -0.137. The summed E-state index contributed by atoms with van der Waals surface area (Å²) in [5, 5.41) is 9.13. The van der Waals surface area contributed by atoms with Gasteiger partial charge in [0.1, 0.15) is 4.99 Å². The summed E-state index contributed by atoms with van der Waals surface area (Å²) in [6.07, 6.45) is -1.60. The van der Waals surface area contributed by atoms with E-state index in [1.165, 1.54) is 6.07 Å². The molecule has 0 aliphatic heterocycles. The number of alkyl halides is 3. The van der Waals surface area contributed by atoms with Crippen molar-refractivity contribution in [3.8, 4) is 0 Å². The summed E-state index contributed by atoms with van der Waals surface area (Å²) in [4.78, 5) is 1.55. The van der Waals surface area contributed by atoms with E-state index < -0.39 is 11.7 Å². The monoisotopic (exact) mass is 318 g/mol. The van der Waals surface area contributed by atoms with E-state index in [4.69, 9.17) is 10.8 Å². The molecule has 0 amide bonds. The van der Waals surface area contributed by atoms with Gasteiger partial charge in [0.15, 0.2) is 0 Å². The molecular weight excluding hydrogens is 301 g/mol. The third kappa shape index (κ3) is 3.47. The maximum Gasteiger partial charge on any atom is 0.417 e. The lowest BCUT2D eigenvalue weighted by atomic mass is 9.90. The highest BCUT2D eigenvalue weighted by molar-refractivity contribution is 7.80. The van der Waals surface area contributed by atoms with Gasteiger partial charge in [-0.3, -0.25) is 0 Å². The van der Waals surface area contributed by atoms with Crippen LogP contribution < -0.4 is 10.6 Å². The lowest BCUT2D eigenvalue weighted by Crippen LogP contribution is -2.42. The van der Waals surface area contributed by atoms with Crippen molar-refractivity contribution in [3.05, 3.63) is 29.3 Å². The van der Waals surface area contributed by atoms with Gasteiger partial charge in [-0.15, -0.1) is 0 Å². The highest BCUT2D eigenvalue weighted by Gasteiger charge is 2.35. The molecule has 7 heteroatoms. The Labute approximate surface area is 126 Å². The van der Waals surface area contributed by atoms with Gasteiger partial charge in [0.05, 0.1) is 12.2 Å². The van der Waals surface area contributed by atoms with Crippen LogP contribution in [0, 0.1) is 0 Å². The maximum atomic E-state index is 13.2. The number of aliphatic hydroxyl groups is 1. The number of nitrogens with zero attached hydrogens (tertiary/aromatic N) is 1. The van der Waals surface area contributed by atoms with Gasteiger partial charge in [0.25, 0.3) is 0 Å². The third-order valence-corrected chi connectivity index (χ3v) is 3.98. The van der Waals surface area contributed by atoms with Crippen molar-refractivity contribution in [1.29, 1.82) is 0 Å². The van der Waals surface area contributed by atoms with Crippen LogP contribution in [0.2, 0.25) is 0 Å². The second-order valence-electron chi connectivity index (χ2n) is 5.09. The summed E-state index contributed by atoms with van der Waals surface area (Å²) in [5.41, 5.74) is 4.82. The van der Waals surface area contributed by atoms with Crippen LogP contribution in [0.3, 0.4) is 0 Å². The van der Waals surface area contributed by atoms with Crippen molar-refractivity contribution < 1.29 is 18.3 Å². The van der Waals surface area contributed by atoms with E-state index in [1.54, 1.807) is 6.07 Å². The molecular formula is C14H17F3N2OS. The Bertz CT molecular complexity index is 529. The van der Waals surface area contributed by atoms with Crippen molar-refractivity contribution in [2.24, 2.45) is 5.73 Å². The number of benzene rings is 1. The Morgan fingerprint density at radius 2 is 2.05 bits per heavy atom. The minimum Gasteiger partial charge on any atom is -0.395 e. The first-order valence-electron chi connectivity index (χ1n) is 6.73. The molecule has 2 rings (SSSR count). The van der Waals surface area contributed by atoms with E-state index >= 15 is 0 Å². The SMILES string of the molecule is NC(=S)c1ccc(N(CCO)C2CCC2)cc1C(F)(F)F. The molecule has 3 nitrogen and oxygen atoms in total. The zero-order valence-corrected chi connectivity index (χ0v) is 12.2. The molecule has 1 aliphatic carbocycles. The van der Waals surface area contributed by atoms with E-state index in [1.807, 2.05) is 4.90 Å². The van der Waals surface area contributed by atoms with Crippen molar-refractivity contribution in [1.82, 2.24) is 0 Å². The second-order valence-corrected chi connectivity index (χ2v) is 5.53. The summed E-state index contributed by atoms with van der Waals surface area (Å²) in [6.45, 7) is 0.212. The molecule has 1 saturated carbocycles. The standard InChI is InChI=1S/C14H17F3N2OS/c15-14(16,17)12-8-10(4-5-11(12)13(18)21)19(6-7-20)9-2-1-3-9/h4-5,8-9,20H,1-3,6-7H2,(H2,18,21). The summed E-state index contributed by atoms with van der Waals surface area (Å²) in [5.74, 6) is 0. The zero-order valence-electron chi connectivity index (χ0n) is 11.4. The van der Waals surface area contributed by atoms with Gasteiger partial charge >= 0.3 is 6.18 Å². The van der Waals surface area contributed by atoms with Crippen LogP contribution in [-0.2, 0) is 6.18 Å². The molecule has 21 heavy (non-hydrogen) atoms. The number of halogens is 3. The van der Waals surface area contributed by atoms with Crippen LogP contribution in [0.25, 0.3) is 0 Å². The number of nitrogens with two attached hydrogens (primary N) is 1. The van der Waals surface area contributed by atoms with Gasteiger partial charge in [0.2, 0.25) is 0 Å².